The molecule has 0 aliphatic carbocycles. The van der Waals surface area contributed by atoms with Crippen LogP contribution < -0.4 is 4.74 Å². The molecule has 1 atom stereocenters. The molecule has 0 aromatic heterocycles. The third kappa shape index (κ3) is 6.88. The van der Waals surface area contributed by atoms with Crippen molar-refractivity contribution < 1.29 is 22.7 Å². The van der Waals surface area contributed by atoms with E-state index in [2.05, 4.69) is 0 Å². The standard InChI is InChI=1S/C20H24O5S/c1-2-3-14-26(22,23)16-19(15-24-18-12-8-5-9-13-18)25-20(21)17-10-6-4-7-11-17/h4-13,19H,2-3,14-16H2,1H3/t19-/m0/s1. The molecule has 2 rings (SSSR count). The minimum absolute atomic E-state index is 0.0199. The molecule has 0 aliphatic heterocycles. The van der Waals surface area contributed by atoms with E-state index in [1.807, 2.05) is 25.1 Å². The lowest BCUT2D eigenvalue weighted by Gasteiger charge is -2.19. The van der Waals surface area contributed by atoms with Crippen LogP contribution in [0.1, 0.15) is 30.1 Å². The van der Waals surface area contributed by atoms with Gasteiger partial charge in [-0.1, -0.05) is 49.7 Å². The Kier molecular flexibility index (Phi) is 7.66. The van der Waals surface area contributed by atoms with Gasteiger partial charge in [-0.3, -0.25) is 0 Å². The SMILES string of the molecule is CCCCS(=O)(=O)C[C@H](COc1ccccc1)OC(=O)c1ccccc1. The smallest absolute Gasteiger partial charge is 0.338 e. The highest BCUT2D eigenvalue weighted by Gasteiger charge is 2.24. The molecule has 2 aromatic rings. The van der Waals surface area contributed by atoms with Gasteiger partial charge in [-0.15, -0.1) is 0 Å². The quantitative estimate of drug-likeness (QED) is 0.594. The van der Waals surface area contributed by atoms with Crippen LogP contribution in [0.2, 0.25) is 0 Å². The van der Waals surface area contributed by atoms with Crippen molar-refractivity contribution >= 4 is 15.8 Å². The van der Waals surface area contributed by atoms with E-state index in [4.69, 9.17) is 9.47 Å². The second-order valence-corrected chi connectivity index (χ2v) is 8.21. The van der Waals surface area contributed by atoms with Gasteiger partial charge < -0.3 is 9.47 Å². The van der Waals surface area contributed by atoms with Crippen molar-refractivity contribution in [1.82, 2.24) is 0 Å². The number of esters is 1. The van der Waals surface area contributed by atoms with E-state index >= 15 is 0 Å². The van der Waals surface area contributed by atoms with Gasteiger partial charge in [0.15, 0.2) is 9.84 Å². The van der Waals surface area contributed by atoms with Gasteiger partial charge in [0.05, 0.1) is 17.1 Å². The van der Waals surface area contributed by atoms with Crippen molar-refractivity contribution in [3.63, 3.8) is 0 Å². The molecule has 0 amide bonds. The average molecular weight is 376 g/mol. The number of rotatable bonds is 10. The van der Waals surface area contributed by atoms with Gasteiger partial charge >= 0.3 is 5.97 Å². The van der Waals surface area contributed by atoms with Crippen LogP contribution in [0.25, 0.3) is 0 Å². The summed E-state index contributed by atoms with van der Waals surface area (Å²) in [6.45, 7) is 1.91. The number of sulfone groups is 1. The average Bonchev–Trinajstić information content (AvgIpc) is 2.66. The topological polar surface area (TPSA) is 69.7 Å². The molecule has 26 heavy (non-hydrogen) atoms. The molecule has 0 radical (unpaired) electrons. The van der Waals surface area contributed by atoms with Crippen LogP contribution in [0.4, 0.5) is 0 Å². The fourth-order valence-electron chi connectivity index (χ4n) is 2.35. The van der Waals surface area contributed by atoms with Crippen LogP contribution in [0.5, 0.6) is 5.75 Å². The molecule has 0 unspecified atom stereocenters. The molecule has 0 bridgehead atoms. The maximum absolute atomic E-state index is 12.3. The Labute approximate surface area is 154 Å². The summed E-state index contributed by atoms with van der Waals surface area (Å²) in [7, 11) is -3.33. The first kappa shape index (κ1) is 20.0. The summed E-state index contributed by atoms with van der Waals surface area (Å²) >= 11 is 0. The first-order chi connectivity index (χ1) is 12.5. The van der Waals surface area contributed by atoms with Gasteiger partial charge in [0.1, 0.15) is 18.5 Å². The monoisotopic (exact) mass is 376 g/mol. The Bertz CT molecular complexity index is 772. The molecule has 0 spiro atoms. The summed E-state index contributed by atoms with van der Waals surface area (Å²) in [6.07, 6.45) is 0.500. The maximum Gasteiger partial charge on any atom is 0.338 e. The fraction of sp³-hybridized carbons (Fsp3) is 0.350. The van der Waals surface area contributed by atoms with Crippen LogP contribution >= 0.6 is 0 Å². The fourth-order valence-corrected chi connectivity index (χ4v) is 3.97. The van der Waals surface area contributed by atoms with Crippen molar-refractivity contribution in [2.45, 2.75) is 25.9 Å². The molecule has 0 saturated carbocycles. The van der Waals surface area contributed by atoms with Crippen molar-refractivity contribution in [2.24, 2.45) is 0 Å². The van der Waals surface area contributed by atoms with Gasteiger partial charge in [0.2, 0.25) is 0 Å². The van der Waals surface area contributed by atoms with E-state index in [-0.39, 0.29) is 18.1 Å². The highest BCUT2D eigenvalue weighted by molar-refractivity contribution is 7.91. The van der Waals surface area contributed by atoms with Gasteiger partial charge in [0.25, 0.3) is 0 Å². The Morgan fingerprint density at radius 3 is 2.23 bits per heavy atom. The second-order valence-electron chi connectivity index (χ2n) is 5.99. The number of hydrogen-bond donors (Lipinski definition) is 0. The summed E-state index contributed by atoms with van der Waals surface area (Å²) in [5.41, 5.74) is 0.378. The zero-order valence-corrected chi connectivity index (χ0v) is 15.7. The first-order valence-electron chi connectivity index (χ1n) is 8.64. The minimum Gasteiger partial charge on any atom is -0.490 e. The number of carbonyl (C=O) groups excluding carboxylic acids is 1. The summed E-state index contributed by atoms with van der Waals surface area (Å²) in [6, 6.07) is 17.5. The first-order valence-corrected chi connectivity index (χ1v) is 10.5. The molecular formula is C20H24O5S. The van der Waals surface area contributed by atoms with Crippen LogP contribution in [0, 0.1) is 0 Å². The predicted molar refractivity (Wildman–Crippen MR) is 101 cm³/mol. The summed E-state index contributed by atoms with van der Waals surface area (Å²) in [5, 5.41) is 0. The molecule has 140 valence electrons. The Morgan fingerprint density at radius 2 is 1.62 bits per heavy atom. The minimum atomic E-state index is -3.33. The van der Waals surface area contributed by atoms with Crippen molar-refractivity contribution in [2.75, 3.05) is 18.1 Å². The Hall–Kier alpha value is -2.34. The lowest BCUT2D eigenvalue weighted by atomic mass is 10.2. The maximum atomic E-state index is 12.3. The number of unbranched alkanes of at least 4 members (excludes halogenated alkanes) is 1. The zero-order chi connectivity index (χ0) is 18.8. The van der Waals surface area contributed by atoms with E-state index in [0.717, 1.165) is 6.42 Å². The molecule has 0 heterocycles. The number of ether oxygens (including phenoxy) is 2. The van der Waals surface area contributed by atoms with Crippen LogP contribution in [-0.4, -0.2) is 38.6 Å². The van der Waals surface area contributed by atoms with E-state index in [0.29, 0.717) is 17.7 Å². The summed E-state index contributed by atoms with van der Waals surface area (Å²) < 4.78 is 35.6. The zero-order valence-electron chi connectivity index (χ0n) is 14.8. The van der Waals surface area contributed by atoms with E-state index in [1.165, 1.54) is 0 Å². The third-order valence-electron chi connectivity index (χ3n) is 3.71. The Morgan fingerprint density at radius 1 is 1.00 bits per heavy atom. The second kappa shape index (κ2) is 9.97. The summed E-state index contributed by atoms with van der Waals surface area (Å²) in [5.74, 6) is -0.135. The van der Waals surface area contributed by atoms with Gasteiger partial charge in [0, 0.05) is 0 Å². The highest BCUT2D eigenvalue weighted by Crippen LogP contribution is 2.12. The molecule has 0 aliphatic rings. The van der Waals surface area contributed by atoms with E-state index in [9.17, 15) is 13.2 Å². The molecule has 5 nitrogen and oxygen atoms in total. The summed E-state index contributed by atoms with van der Waals surface area (Å²) in [4.78, 5) is 12.3. The van der Waals surface area contributed by atoms with Gasteiger partial charge in [-0.05, 0) is 30.7 Å². The number of benzene rings is 2. The van der Waals surface area contributed by atoms with Gasteiger partial charge in [-0.2, -0.15) is 0 Å². The van der Waals surface area contributed by atoms with E-state index < -0.39 is 21.9 Å². The highest BCUT2D eigenvalue weighted by atomic mass is 32.2. The number of para-hydroxylation sites is 1. The third-order valence-corrected chi connectivity index (χ3v) is 5.50. The van der Waals surface area contributed by atoms with Crippen LogP contribution in [0.3, 0.4) is 0 Å². The van der Waals surface area contributed by atoms with Crippen molar-refractivity contribution in [1.29, 1.82) is 0 Å². The molecular weight excluding hydrogens is 352 g/mol. The van der Waals surface area contributed by atoms with Crippen LogP contribution in [-0.2, 0) is 14.6 Å². The van der Waals surface area contributed by atoms with Crippen LogP contribution in [0.15, 0.2) is 60.7 Å². The van der Waals surface area contributed by atoms with Crippen molar-refractivity contribution in [3.8, 4) is 5.75 Å². The Balaban J connectivity index is 2.06. The predicted octanol–water partition coefficient (Wildman–Crippen LogP) is 3.51. The van der Waals surface area contributed by atoms with E-state index in [1.54, 1.807) is 42.5 Å². The lowest BCUT2D eigenvalue weighted by Crippen LogP contribution is -2.33. The number of carbonyl (C=O) groups is 1. The molecule has 0 saturated heterocycles. The molecule has 0 N–H and O–H groups in total. The molecule has 0 fully saturated rings. The van der Waals surface area contributed by atoms with Crippen molar-refractivity contribution in [3.05, 3.63) is 66.2 Å². The number of hydrogen-bond acceptors (Lipinski definition) is 5. The largest absolute Gasteiger partial charge is 0.490 e. The molecule has 6 heteroatoms. The molecule has 2 aromatic carbocycles. The normalized spacial score (nSPS) is 12.3. The lowest BCUT2D eigenvalue weighted by molar-refractivity contribution is 0.0237. The van der Waals surface area contributed by atoms with Gasteiger partial charge in [-0.25, -0.2) is 13.2 Å².